The second-order valence-electron chi connectivity index (χ2n) is 3.69. The first kappa shape index (κ1) is 11.5. The van der Waals surface area contributed by atoms with Crippen LogP contribution in [0.5, 0.6) is 0 Å². The van der Waals surface area contributed by atoms with Crippen molar-refractivity contribution in [3.63, 3.8) is 0 Å². The van der Waals surface area contributed by atoms with Crippen LogP contribution >= 0.6 is 0 Å². The average Bonchev–Trinajstić information content (AvgIpc) is 2.29. The fourth-order valence-corrected chi connectivity index (χ4v) is 1.24. The van der Waals surface area contributed by atoms with Gasteiger partial charge in [0.15, 0.2) is 0 Å². The molecule has 1 rings (SSSR count). The molecule has 0 bridgehead atoms. The smallest absolute Gasteiger partial charge is 0.0571 e. The predicted molar refractivity (Wildman–Crippen MR) is 64.2 cm³/mol. The van der Waals surface area contributed by atoms with Gasteiger partial charge in [0.25, 0.3) is 0 Å². The Kier molecular flexibility index (Phi) is 4.61. The van der Waals surface area contributed by atoms with Gasteiger partial charge in [-0.25, -0.2) is 0 Å². The minimum Gasteiger partial charge on any atom is -0.411 e. The summed E-state index contributed by atoms with van der Waals surface area (Å²) in [5.41, 5.74) is 1.97. The minimum absolute atomic E-state index is 0.287. The topological polar surface area (TPSA) is 32.6 Å². The molecule has 0 heterocycles. The molecule has 0 amide bonds. The Balaban J connectivity index is 2.47. The Morgan fingerprint density at radius 2 is 2.07 bits per heavy atom. The molecule has 0 aliphatic carbocycles. The van der Waals surface area contributed by atoms with Crippen LogP contribution in [0.3, 0.4) is 0 Å². The van der Waals surface area contributed by atoms with E-state index in [9.17, 15) is 0 Å². The summed E-state index contributed by atoms with van der Waals surface area (Å²) in [4.78, 5) is 0. The van der Waals surface area contributed by atoms with E-state index in [1.165, 1.54) is 5.56 Å². The van der Waals surface area contributed by atoms with Crippen molar-refractivity contribution < 1.29 is 5.21 Å². The first-order chi connectivity index (χ1) is 7.24. The van der Waals surface area contributed by atoms with Crippen molar-refractivity contribution in [3.8, 4) is 0 Å². The number of allylic oxidation sites excluding steroid dienone is 1. The van der Waals surface area contributed by atoms with Gasteiger partial charge in [0, 0.05) is 5.92 Å². The molecule has 80 valence electrons. The predicted octanol–water partition coefficient (Wildman–Crippen LogP) is 3.58. The number of oxime groups is 1. The van der Waals surface area contributed by atoms with Crippen LogP contribution in [-0.4, -0.2) is 10.9 Å². The number of nitrogens with zero attached hydrogens (tertiary/aromatic N) is 1. The molecule has 0 radical (unpaired) electrons. The largest absolute Gasteiger partial charge is 0.411 e. The van der Waals surface area contributed by atoms with Gasteiger partial charge in [0.2, 0.25) is 0 Å². The van der Waals surface area contributed by atoms with Crippen LogP contribution in [0.2, 0.25) is 0 Å². The number of benzene rings is 1. The molecule has 2 nitrogen and oxygen atoms in total. The van der Waals surface area contributed by atoms with E-state index in [1.807, 2.05) is 32.0 Å². The van der Waals surface area contributed by atoms with Crippen molar-refractivity contribution in [1.29, 1.82) is 0 Å². The molecule has 1 atom stereocenters. The standard InChI is InChI=1S/C13H17NO/c1-11(12(2)14-15)7-6-10-13-8-4-3-5-9-13/h3-6,8-11,15H,7H2,1-2H3/b10-6+,14-12+. The number of rotatable bonds is 4. The highest BCUT2D eigenvalue weighted by atomic mass is 16.4. The lowest BCUT2D eigenvalue weighted by atomic mass is 10.0. The molecule has 0 fully saturated rings. The molecule has 15 heavy (non-hydrogen) atoms. The van der Waals surface area contributed by atoms with Gasteiger partial charge >= 0.3 is 0 Å². The molecule has 1 N–H and O–H groups in total. The molecule has 1 unspecified atom stereocenters. The Bertz CT molecular complexity index is 341. The lowest BCUT2D eigenvalue weighted by Crippen LogP contribution is -2.05. The monoisotopic (exact) mass is 203 g/mol. The summed E-state index contributed by atoms with van der Waals surface area (Å²) in [7, 11) is 0. The Morgan fingerprint density at radius 3 is 2.67 bits per heavy atom. The normalized spacial score (nSPS) is 14.4. The van der Waals surface area contributed by atoms with Crippen molar-refractivity contribution in [2.75, 3.05) is 0 Å². The van der Waals surface area contributed by atoms with Crippen molar-refractivity contribution >= 4 is 11.8 Å². The summed E-state index contributed by atoms with van der Waals surface area (Å²) in [6, 6.07) is 10.2. The SMILES string of the molecule is C/C(=N\O)C(C)C/C=C/c1ccccc1. The van der Waals surface area contributed by atoms with Gasteiger partial charge in [-0.3, -0.25) is 0 Å². The maximum Gasteiger partial charge on any atom is 0.0571 e. The molecule has 0 saturated carbocycles. The van der Waals surface area contributed by atoms with E-state index in [1.54, 1.807) is 0 Å². The zero-order valence-corrected chi connectivity index (χ0v) is 9.22. The molecule has 0 spiro atoms. The summed E-state index contributed by atoms with van der Waals surface area (Å²) in [5.74, 6) is 0.287. The van der Waals surface area contributed by atoms with E-state index in [4.69, 9.17) is 5.21 Å². The fourth-order valence-electron chi connectivity index (χ4n) is 1.24. The summed E-state index contributed by atoms with van der Waals surface area (Å²) >= 11 is 0. The van der Waals surface area contributed by atoms with Crippen molar-refractivity contribution in [3.05, 3.63) is 42.0 Å². The second-order valence-corrected chi connectivity index (χ2v) is 3.69. The highest BCUT2D eigenvalue weighted by Gasteiger charge is 2.02. The lowest BCUT2D eigenvalue weighted by molar-refractivity contribution is 0.315. The van der Waals surface area contributed by atoms with Gasteiger partial charge in [0.05, 0.1) is 5.71 Å². The molecule has 1 aromatic carbocycles. The van der Waals surface area contributed by atoms with Crippen LogP contribution in [0, 0.1) is 5.92 Å². The van der Waals surface area contributed by atoms with Gasteiger partial charge in [-0.15, -0.1) is 0 Å². The summed E-state index contributed by atoms with van der Waals surface area (Å²) in [6.07, 6.45) is 5.08. The Hall–Kier alpha value is -1.57. The van der Waals surface area contributed by atoms with Crippen molar-refractivity contribution in [2.24, 2.45) is 11.1 Å². The molecule has 0 saturated heterocycles. The molecular formula is C13H17NO. The third-order valence-corrected chi connectivity index (χ3v) is 2.47. The first-order valence-electron chi connectivity index (χ1n) is 5.14. The van der Waals surface area contributed by atoms with Crippen LogP contribution in [0.4, 0.5) is 0 Å². The van der Waals surface area contributed by atoms with E-state index in [0.29, 0.717) is 0 Å². The summed E-state index contributed by atoms with van der Waals surface area (Å²) in [5, 5.41) is 11.8. The highest BCUT2D eigenvalue weighted by Crippen LogP contribution is 2.08. The fraction of sp³-hybridized carbons (Fsp3) is 0.308. The first-order valence-corrected chi connectivity index (χ1v) is 5.14. The molecule has 0 aliphatic rings. The lowest BCUT2D eigenvalue weighted by Gasteiger charge is -2.05. The number of hydrogen-bond acceptors (Lipinski definition) is 2. The van der Waals surface area contributed by atoms with Gasteiger partial charge in [-0.1, -0.05) is 54.6 Å². The van der Waals surface area contributed by atoms with E-state index < -0.39 is 0 Å². The van der Waals surface area contributed by atoms with Crippen LogP contribution in [0.1, 0.15) is 25.8 Å². The quantitative estimate of drug-likeness (QED) is 0.453. The maximum absolute atomic E-state index is 8.59. The maximum atomic E-state index is 8.59. The van der Waals surface area contributed by atoms with Gasteiger partial charge in [-0.05, 0) is 18.9 Å². The minimum atomic E-state index is 0.287. The van der Waals surface area contributed by atoms with Crippen molar-refractivity contribution in [2.45, 2.75) is 20.3 Å². The molecule has 2 heteroatoms. The van der Waals surface area contributed by atoms with E-state index >= 15 is 0 Å². The van der Waals surface area contributed by atoms with E-state index in [-0.39, 0.29) is 5.92 Å². The average molecular weight is 203 g/mol. The van der Waals surface area contributed by atoms with Crippen LogP contribution < -0.4 is 0 Å². The van der Waals surface area contributed by atoms with Gasteiger partial charge in [-0.2, -0.15) is 0 Å². The second kappa shape index (κ2) is 6.02. The zero-order chi connectivity index (χ0) is 11.1. The van der Waals surface area contributed by atoms with Crippen molar-refractivity contribution in [1.82, 2.24) is 0 Å². The zero-order valence-electron chi connectivity index (χ0n) is 9.22. The molecule has 0 aliphatic heterocycles. The van der Waals surface area contributed by atoms with Crippen LogP contribution in [-0.2, 0) is 0 Å². The van der Waals surface area contributed by atoms with Gasteiger partial charge in [0.1, 0.15) is 0 Å². The Labute approximate surface area is 90.9 Å². The molecular weight excluding hydrogens is 186 g/mol. The highest BCUT2D eigenvalue weighted by molar-refractivity contribution is 5.83. The Morgan fingerprint density at radius 1 is 1.40 bits per heavy atom. The van der Waals surface area contributed by atoms with Crippen LogP contribution in [0.15, 0.2) is 41.6 Å². The third-order valence-electron chi connectivity index (χ3n) is 2.47. The summed E-state index contributed by atoms with van der Waals surface area (Å²) < 4.78 is 0. The third kappa shape index (κ3) is 3.98. The van der Waals surface area contributed by atoms with E-state index in [0.717, 1.165) is 12.1 Å². The summed E-state index contributed by atoms with van der Waals surface area (Å²) in [6.45, 7) is 3.88. The molecule has 0 aromatic heterocycles. The van der Waals surface area contributed by atoms with Crippen LogP contribution in [0.25, 0.3) is 6.08 Å². The molecule has 1 aromatic rings. The number of hydrogen-bond donors (Lipinski definition) is 1. The van der Waals surface area contributed by atoms with Gasteiger partial charge < -0.3 is 5.21 Å². The van der Waals surface area contributed by atoms with E-state index in [2.05, 4.69) is 29.4 Å².